The number of carbonyl (C=O) groups is 1. The molecule has 4 heteroatoms. The molecule has 1 aliphatic carbocycles. The Kier molecular flexibility index (Phi) is 4.56. The van der Waals surface area contributed by atoms with Crippen molar-refractivity contribution in [2.45, 2.75) is 37.3 Å². The van der Waals surface area contributed by atoms with E-state index in [1.807, 2.05) is 30.3 Å². The highest BCUT2D eigenvalue weighted by atomic mass is 16.5. The second kappa shape index (κ2) is 6.58. The lowest BCUT2D eigenvalue weighted by molar-refractivity contribution is -0.142. The molecule has 21 heavy (non-hydrogen) atoms. The van der Waals surface area contributed by atoms with Crippen molar-refractivity contribution in [1.29, 1.82) is 0 Å². The highest BCUT2D eigenvalue weighted by Gasteiger charge is 2.40. The summed E-state index contributed by atoms with van der Waals surface area (Å²) in [4.78, 5) is 12.1. The van der Waals surface area contributed by atoms with E-state index in [0.717, 1.165) is 24.5 Å². The molecule has 2 aliphatic rings. The van der Waals surface area contributed by atoms with E-state index in [-0.39, 0.29) is 11.9 Å². The molecule has 1 saturated heterocycles. The normalized spacial score (nSPS) is 26.5. The highest BCUT2D eigenvalue weighted by molar-refractivity contribution is 5.78. The summed E-state index contributed by atoms with van der Waals surface area (Å²) in [7, 11) is 1.45. The van der Waals surface area contributed by atoms with Crippen LogP contribution in [0.25, 0.3) is 0 Å². The zero-order chi connectivity index (χ0) is 14.7. The monoisotopic (exact) mass is 289 g/mol. The molecule has 1 aromatic carbocycles. The summed E-state index contributed by atoms with van der Waals surface area (Å²) in [5.74, 6) is 0.283. The first-order chi connectivity index (χ1) is 10.3. The molecule has 114 valence electrons. The molecular weight excluding hydrogens is 266 g/mol. The van der Waals surface area contributed by atoms with E-state index in [1.54, 1.807) is 0 Å². The SMILES string of the molecule is COC(=O)C(CNC1CCOC1C1CC1)c1ccccc1. The van der Waals surface area contributed by atoms with Crippen LogP contribution in [0.3, 0.4) is 0 Å². The fourth-order valence-electron chi connectivity index (χ4n) is 3.15. The molecule has 0 spiro atoms. The molecular formula is C17H23NO3. The van der Waals surface area contributed by atoms with Crippen LogP contribution < -0.4 is 5.32 Å². The van der Waals surface area contributed by atoms with Gasteiger partial charge >= 0.3 is 5.97 Å². The Labute approximate surface area is 125 Å². The van der Waals surface area contributed by atoms with Crippen LogP contribution in [0.4, 0.5) is 0 Å². The van der Waals surface area contributed by atoms with Crippen LogP contribution in [0.1, 0.15) is 30.7 Å². The third-order valence-corrected chi connectivity index (χ3v) is 4.49. The van der Waals surface area contributed by atoms with Crippen LogP contribution >= 0.6 is 0 Å². The maximum Gasteiger partial charge on any atom is 0.314 e. The van der Waals surface area contributed by atoms with Gasteiger partial charge in [0.2, 0.25) is 0 Å². The quantitative estimate of drug-likeness (QED) is 0.815. The standard InChI is InChI=1S/C17H23NO3/c1-20-17(19)14(12-5-3-2-4-6-12)11-18-15-9-10-21-16(15)13-7-8-13/h2-6,13-16,18H,7-11H2,1H3. The Morgan fingerprint density at radius 3 is 2.76 bits per heavy atom. The number of methoxy groups -OCH3 is 1. The molecule has 0 amide bonds. The molecule has 3 rings (SSSR count). The second-order valence-electron chi connectivity index (χ2n) is 5.96. The summed E-state index contributed by atoms with van der Waals surface area (Å²) in [6, 6.07) is 10.2. The van der Waals surface area contributed by atoms with Crippen molar-refractivity contribution in [3.8, 4) is 0 Å². The van der Waals surface area contributed by atoms with Gasteiger partial charge in [-0.1, -0.05) is 30.3 Å². The molecule has 1 aromatic rings. The predicted octanol–water partition coefficient (Wildman–Crippen LogP) is 2.10. The van der Waals surface area contributed by atoms with Crippen molar-refractivity contribution in [1.82, 2.24) is 5.32 Å². The van der Waals surface area contributed by atoms with E-state index < -0.39 is 0 Å². The number of esters is 1. The molecule has 3 unspecified atom stereocenters. The van der Waals surface area contributed by atoms with E-state index in [9.17, 15) is 4.79 Å². The Hall–Kier alpha value is -1.39. The Morgan fingerprint density at radius 2 is 2.10 bits per heavy atom. The lowest BCUT2D eigenvalue weighted by atomic mass is 9.98. The highest BCUT2D eigenvalue weighted by Crippen LogP contribution is 2.38. The maximum absolute atomic E-state index is 12.1. The molecule has 0 radical (unpaired) electrons. The fourth-order valence-corrected chi connectivity index (χ4v) is 3.15. The molecule has 1 heterocycles. The van der Waals surface area contributed by atoms with Crippen LogP contribution in [0.15, 0.2) is 30.3 Å². The van der Waals surface area contributed by atoms with E-state index in [2.05, 4.69) is 5.32 Å². The van der Waals surface area contributed by atoms with E-state index in [1.165, 1.54) is 20.0 Å². The number of ether oxygens (including phenoxy) is 2. The second-order valence-corrected chi connectivity index (χ2v) is 5.96. The predicted molar refractivity (Wildman–Crippen MR) is 80.1 cm³/mol. The van der Waals surface area contributed by atoms with Crippen LogP contribution in [-0.2, 0) is 14.3 Å². The number of hydrogen-bond donors (Lipinski definition) is 1. The van der Waals surface area contributed by atoms with Crippen LogP contribution in [0.5, 0.6) is 0 Å². The van der Waals surface area contributed by atoms with Gasteiger partial charge in [0, 0.05) is 19.2 Å². The first kappa shape index (κ1) is 14.5. The molecule has 1 saturated carbocycles. The van der Waals surface area contributed by atoms with Gasteiger partial charge in [-0.3, -0.25) is 4.79 Å². The fraction of sp³-hybridized carbons (Fsp3) is 0.588. The molecule has 4 nitrogen and oxygen atoms in total. The molecule has 2 fully saturated rings. The Balaban J connectivity index is 1.63. The minimum absolute atomic E-state index is 0.185. The number of nitrogens with one attached hydrogen (secondary N) is 1. The van der Waals surface area contributed by atoms with Gasteiger partial charge < -0.3 is 14.8 Å². The molecule has 0 aromatic heterocycles. The summed E-state index contributed by atoms with van der Waals surface area (Å²) in [5, 5.41) is 3.54. The summed E-state index contributed by atoms with van der Waals surface area (Å²) < 4.78 is 10.8. The number of rotatable bonds is 6. The number of hydrogen-bond acceptors (Lipinski definition) is 4. The van der Waals surface area contributed by atoms with Gasteiger partial charge in [0.25, 0.3) is 0 Å². The Bertz CT molecular complexity index is 472. The van der Waals surface area contributed by atoms with Gasteiger partial charge in [0.1, 0.15) is 0 Å². The van der Waals surface area contributed by atoms with Gasteiger partial charge in [-0.2, -0.15) is 0 Å². The van der Waals surface area contributed by atoms with Gasteiger partial charge in [-0.05, 0) is 30.7 Å². The minimum atomic E-state index is -0.253. The number of benzene rings is 1. The molecule has 0 bridgehead atoms. The summed E-state index contributed by atoms with van der Waals surface area (Å²) in [6.07, 6.45) is 3.92. The van der Waals surface area contributed by atoms with Crippen LogP contribution in [0, 0.1) is 5.92 Å². The lowest BCUT2D eigenvalue weighted by Crippen LogP contribution is -2.41. The smallest absolute Gasteiger partial charge is 0.314 e. The Morgan fingerprint density at radius 1 is 1.33 bits per heavy atom. The third kappa shape index (κ3) is 3.44. The molecule has 1 N–H and O–H groups in total. The van der Waals surface area contributed by atoms with Crippen LogP contribution in [0.2, 0.25) is 0 Å². The minimum Gasteiger partial charge on any atom is -0.469 e. The summed E-state index contributed by atoms with van der Waals surface area (Å²) in [6.45, 7) is 1.43. The third-order valence-electron chi connectivity index (χ3n) is 4.49. The van der Waals surface area contributed by atoms with Gasteiger partial charge in [0.15, 0.2) is 0 Å². The van der Waals surface area contributed by atoms with Gasteiger partial charge in [-0.25, -0.2) is 0 Å². The van der Waals surface area contributed by atoms with Crippen molar-refractivity contribution >= 4 is 5.97 Å². The maximum atomic E-state index is 12.1. The van der Waals surface area contributed by atoms with Crippen molar-refractivity contribution in [3.63, 3.8) is 0 Å². The largest absolute Gasteiger partial charge is 0.469 e. The average molecular weight is 289 g/mol. The molecule has 3 atom stereocenters. The van der Waals surface area contributed by atoms with E-state index in [0.29, 0.717) is 18.7 Å². The zero-order valence-corrected chi connectivity index (χ0v) is 12.5. The summed E-state index contributed by atoms with van der Waals surface area (Å²) >= 11 is 0. The topological polar surface area (TPSA) is 47.6 Å². The summed E-state index contributed by atoms with van der Waals surface area (Å²) in [5.41, 5.74) is 0.999. The number of carbonyl (C=O) groups excluding carboxylic acids is 1. The first-order valence-electron chi connectivity index (χ1n) is 7.77. The van der Waals surface area contributed by atoms with Crippen molar-refractivity contribution in [2.75, 3.05) is 20.3 Å². The van der Waals surface area contributed by atoms with Gasteiger partial charge in [0.05, 0.1) is 19.1 Å². The lowest BCUT2D eigenvalue weighted by Gasteiger charge is -2.22. The van der Waals surface area contributed by atoms with Crippen molar-refractivity contribution in [3.05, 3.63) is 35.9 Å². The van der Waals surface area contributed by atoms with E-state index in [4.69, 9.17) is 9.47 Å². The van der Waals surface area contributed by atoms with Crippen molar-refractivity contribution < 1.29 is 14.3 Å². The van der Waals surface area contributed by atoms with Gasteiger partial charge in [-0.15, -0.1) is 0 Å². The van der Waals surface area contributed by atoms with E-state index >= 15 is 0 Å². The first-order valence-corrected chi connectivity index (χ1v) is 7.77. The van der Waals surface area contributed by atoms with Crippen LogP contribution in [-0.4, -0.2) is 38.4 Å². The zero-order valence-electron chi connectivity index (χ0n) is 12.5. The average Bonchev–Trinajstić information content (AvgIpc) is 3.27. The molecule has 1 aliphatic heterocycles. The van der Waals surface area contributed by atoms with Crippen molar-refractivity contribution in [2.24, 2.45) is 5.92 Å².